The van der Waals surface area contributed by atoms with E-state index in [1.165, 1.54) is 23.8 Å². The maximum Gasteiger partial charge on any atom is 0.238 e. The van der Waals surface area contributed by atoms with Crippen LogP contribution in [0.15, 0.2) is 42.5 Å². The van der Waals surface area contributed by atoms with Gasteiger partial charge in [0, 0.05) is 31.9 Å². The summed E-state index contributed by atoms with van der Waals surface area (Å²) in [6, 6.07) is 12.1. The molecule has 1 heterocycles. The highest BCUT2D eigenvalue weighted by molar-refractivity contribution is 6.31. The molecular weight excluding hydrogens is 381 g/mol. The van der Waals surface area contributed by atoms with Gasteiger partial charge >= 0.3 is 0 Å². The number of hydrogen-bond donors (Lipinski definition) is 1. The van der Waals surface area contributed by atoms with Crippen LogP contribution in [0.5, 0.6) is 0 Å². The number of halogens is 2. The van der Waals surface area contributed by atoms with Gasteiger partial charge in [-0.15, -0.1) is 0 Å². The number of anilines is 1. The quantitative estimate of drug-likeness (QED) is 0.834. The van der Waals surface area contributed by atoms with Gasteiger partial charge < -0.3 is 10.2 Å². The van der Waals surface area contributed by atoms with E-state index in [1.54, 1.807) is 0 Å². The summed E-state index contributed by atoms with van der Waals surface area (Å²) < 4.78 is 13.2. The monoisotopic (exact) mass is 403 g/mol. The van der Waals surface area contributed by atoms with Crippen molar-refractivity contribution in [3.8, 4) is 0 Å². The summed E-state index contributed by atoms with van der Waals surface area (Å²) in [5.74, 6) is -0.609. The summed E-state index contributed by atoms with van der Waals surface area (Å²) >= 11 is 5.73. The Balaban J connectivity index is 1.44. The van der Waals surface area contributed by atoms with E-state index in [9.17, 15) is 14.0 Å². The van der Waals surface area contributed by atoms with Gasteiger partial charge in [0.1, 0.15) is 5.82 Å². The topological polar surface area (TPSA) is 52.7 Å². The van der Waals surface area contributed by atoms with Crippen molar-refractivity contribution in [3.05, 3.63) is 64.4 Å². The van der Waals surface area contributed by atoms with Crippen molar-refractivity contribution >= 4 is 29.1 Å². The van der Waals surface area contributed by atoms with Crippen molar-refractivity contribution in [2.24, 2.45) is 0 Å². The third-order valence-electron chi connectivity index (χ3n) is 4.77. The van der Waals surface area contributed by atoms with Gasteiger partial charge in [0.25, 0.3) is 0 Å². The number of aryl methyl sites for hydroxylation is 1. The summed E-state index contributed by atoms with van der Waals surface area (Å²) in [5, 5.41) is 2.69. The summed E-state index contributed by atoms with van der Waals surface area (Å²) in [4.78, 5) is 28.5. The fourth-order valence-corrected chi connectivity index (χ4v) is 3.31. The van der Waals surface area contributed by atoms with Crippen molar-refractivity contribution in [2.75, 3.05) is 38.0 Å². The third-order valence-corrected chi connectivity index (χ3v) is 5.06. The van der Waals surface area contributed by atoms with Gasteiger partial charge in [-0.25, -0.2) is 4.39 Å². The Morgan fingerprint density at radius 3 is 2.39 bits per heavy atom. The summed E-state index contributed by atoms with van der Waals surface area (Å²) in [6.07, 6.45) is 0.395. The molecule has 7 heteroatoms. The Morgan fingerprint density at radius 2 is 1.75 bits per heavy atom. The second kappa shape index (κ2) is 9.17. The van der Waals surface area contributed by atoms with E-state index in [1.807, 2.05) is 41.0 Å². The number of carbonyl (C=O) groups excluding carboxylic acids is 2. The van der Waals surface area contributed by atoms with Gasteiger partial charge in [0.2, 0.25) is 11.8 Å². The maximum atomic E-state index is 13.2. The number of hydrogen-bond acceptors (Lipinski definition) is 3. The van der Waals surface area contributed by atoms with Crippen molar-refractivity contribution < 1.29 is 14.0 Å². The Hall–Kier alpha value is -2.44. The molecule has 1 saturated heterocycles. The molecule has 28 heavy (non-hydrogen) atoms. The van der Waals surface area contributed by atoms with Crippen LogP contribution >= 0.6 is 11.6 Å². The van der Waals surface area contributed by atoms with Gasteiger partial charge in [-0.1, -0.05) is 41.4 Å². The molecule has 1 aliphatic rings. The molecule has 2 amide bonds. The van der Waals surface area contributed by atoms with Crippen LogP contribution in [0.1, 0.15) is 11.1 Å². The van der Waals surface area contributed by atoms with E-state index in [-0.39, 0.29) is 23.4 Å². The molecule has 0 aliphatic carbocycles. The molecule has 2 aromatic rings. The largest absolute Gasteiger partial charge is 0.340 e. The van der Waals surface area contributed by atoms with Gasteiger partial charge in [-0.3, -0.25) is 14.5 Å². The molecule has 0 radical (unpaired) electrons. The van der Waals surface area contributed by atoms with Crippen LogP contribution in [0, 0.1) is 12.7 Å². The van der Waals surface area contributed by atoms with Crippen LogP contribution in [0.4, 0.5) is 10.1 Å². The first-order valence-corrected chi connectivity index (χ1v) is 9.59. The number of carbonyl (C=O) groups is 2. The lowest BCUT2D eigenvalue weighted by Gasteiger charge is -2.34. The number of benzene rings is 2. The van der Waals surface area contributed by atoms with E-state index < -0.39 is 5.82 Å². The number of nitrogens with zero attached hydrogens (tertiary/aromatic N) is 2. The smallest absolute Gasteiger partial charge is 0.238 e. The molecule has 0 saturated carbocycles. The van der Waals surface area contributed by atoms with Crippen molar-refractivity contribution in [1.82, 2.24) is 9.80 Å². The zero-order chi connectivity index (χ0) is 20.1. The minimum Gasteiger partial charge on any atom is -0.340 e. The SMILES string of the molecule is Cc1ccc(CC(=O)N2CCN(CC(=O)Nc3ccc(F)c(Cl)c3)CC2)cc1. The lowest BCUT2D eigenvalue weighted by atomic mass is 10.1. The Morgan fingerprint density at radius 1 is 1.07 bits per heavy atom. The van der Waals surface area contributed by atoms with Crippen LogP contribution < -0.4 is 5.32 Å². The van der Waals surface area contributed by atoms with Crippen LogP contribution in [0.25, 0.3) is 0 Å². The average molecular weight is 404 g/mol. The molecule has 0 spiro atoms. The fourth-order valence-electron chi connectivity index (χ4n) is 3.13. The number of rotatable bonds is 5. The van der Waals surface area contributed by atoms with E-state index in [4.69, 9.17) is 11.6 Å². The highest BCUT2D eigenvalue weighted by Crippen LogP contribution is 2.19. The molecule has 3 rings (SSSR count). The highest BCUT2D eigenvalue weighted by atomic mass is 35.5. The zero-order valence-corrected chi connectivity index (χ0v) is 16.5. The molecule has 148 valence electrons. The van der Waals surface area contributed by atoms with E-state index in [0.717, 1.165) is 5.56 Å². The fraction of sp³-hybridized carbons (Fsp3) is 0.333. The Bertz CT molecular complexity index is 849. The van der Waals surface area contributed by atoms with Crippen molar-refractivity contribution in [2.45, 2.75) is 13.3 Å². The molecule has 0 bridgehead atoms. The number of piperazine rings is 1. The van der Waals surface area contributed by atoms with Gasteiger partial charge in [0.05, 0.1) is 18.0 Å². The van der Waals surface area contributed by atoms with Gasteiger partial charge in [-0.05, 0) is 30.7 Å². The predicted molar refractivity (Wildman–Crippen MR) is 108 cm³/mol. The second-order valence-corrected chi connectivity index (χ2v) is 7.40. The van der Waals surface area contributed by atoms with E-state index >= 15 is 0 Å². The lowest BCUT2D eigenvalue weighted by Crippen LogP contribution is -2.50. The minimum absolute atomic E-state index is 0.0292. The number of nitrogens with one attached hydrogen (secondary N) is 1. The Kier molecular flexibility index (Phi) is 6.65. The second-order valence-electron chi connectivity index (χ2n) is 7.00. The highest BCUT2D eigenvalue weighted by Gasteiger charge is 2.22. The maximum absolute atomic E-state index is 13.2. The molecule has 1 aliphatic heterocycles. The molecule has 5 nitrogen and oxygen atoms in total. The summed E-state index contributed by atoms with van der Waals surface area (Å²) in [6.45, 7) is 4.70. The van der Waals surface area contributed by atoms with Crippen LogP contribution in [-0.4, -0.2) is 54.3 Å². The van der Waals surface area contributed by atoms with Crippen LogP contribution in [0.2, 0.25) is 5.02 Å². The average Bonchev–Trinajstić information content (AvgIpc) is 2.67. The molecule has 1 fully saturated rings. The minimum atomic E-state index is -0.522. The predicted octanol–water partition coefficient (Wildman–Crippen LogP) is 3.11. The Labute approximate surface area is 169 Å². The lowest BCUT2D eigenvalue weighted by molar-refractivity contribution is -0.132. The molecule has 2 aromatic carbocycles. The normalized spacial score (nSPS) is 14.8. The van der Waals surface area contributed by atoms with Gasteiger partial charge in [-0.2, -0.15) is 0 Å². The van der Waals surface area contributed by atoms with Crippen LogP contribution in [-0.2, 0) is 16.0 Å². The molecule has 0 unspecified atom stereocenters. The molecule has 0 atom stereocenters. The zero-order valence-electron chi connectivity index (χ0n) is 15.8. The van der Waals surface area contributed by atoms with Crippen molar-refractivity contribution in [3.63, 3.8) is 0 Å². The first kappa shape index (κ1) is 20.3. The first-order valence-electron chi connectivity index (χ1n) is 9.21. The first-order chi connectivity index (χ1) is 13.4. The third kappa shape index (κ3) is 5.53. The van der Waals surface area contributed by atoms with Gasteiger partial charge in [0.15, 0.2) is 0 Å². The number of amides is 2. The standard InChI is InChI=1S/C21H23ClFN3O2/c1-15-2-4-16(5-3-15)12-21(28)26-10-8-25(9-11-26)14-20(27)24-17-6-7-19(23)18(22)13-17/h2-7,13H,8-12,14H2,1H3,(H,24,27). The summed E-state index contributed by atoms with van der Waals surface area (Å²) in [7, 11) is 0. The molecular formula is C21H23ClFN3O2. The van der Waals surface area contributed by atoms with Crippen LogP contribution in [0.3, 0.4) is 0 Å². The van der Waals surface area contributed by atoms with E-state index in [2.05, 4.69) is 5.32 Å². The molecule has 0 aromatic heterocycles. The summed E-state index contributed by atoms with van der Waals surface area (Å²) in [5.41, 5.74) is 2.64. The van der Waals surface area contributed by atoms with Crippen molar-refractivity contribution in [1.29, 1.82) is 0 Å². The van der Waals surface area contributed by atoms with E-state index in [0.29, 0.717) is 38.3 Å². The molecule has 1 N–H and O–H groups in total.